The van der Waals surface area contributed by atoms with Crippen LogP contribution in [0.15, 0.2) is 60.9 Å². The van der Waals surface area contributed by atoms with E-state index in [1.54, 1.807) is 12.2 Å². The molecule has 2 rings (SSSR count). The van der Waals surface area contributed by atoms with Gasteiger partial charge < -0.3 is 14.9 Å². The Morgan fingerprint density at radius 2 is 1.83 bits per heavy atom. The quantitative estimate of drug-likeness (QED) is 0.791. The van der Waals surface area contributed by atoms with Gasteiger partial charge in [-0.1, -0.05) is 42.0 Å². The van der Waals surface area contributed by atoms with E-state index in [4.69, 9.17) is 4.74 Å². The molecule has 126 valence electrons. The van der Waals surface area contributed by atoms with Gasteiger partial charge in [-0.15, -0.1) is 0 Å². The molecule has 1 atom stereocenters. The standard InChI is InChI=1S/C21H24O3/c1-15-5-4-6-18(14-15)24-12-10-21(23)20(9-11-22)19-8-7-16(2)13-17(19)3/h4-10,12-14,21-23H,11H2,1-3H3. The molecule has 2 N–H and O–H groups in total. The smallest absolute Gasteiger partial charge is 0.126 e. The Kier molecular flexibility index (Phi) is 6.36. The number of hydrogen-bond acceptors (Lipinski definition) is 3. The summed E-state index contributed by atoms with van der Waals surface area (Å²) in [6.45, 7) is 5.88. The third-order valence-electron chi connectivity index (χ3n) is 3.78. The molecular formula is C21H24O3. The van der Waals surface area contributed by atoms with E-state index in [1.165, 1.54) is 6.26 Å². The average molecular weight is 324 g/mol. The monoisotopic (exact) mass is 324 g/mol. The van der Waals surface area contributed by atoms with Crippen molar-refractivity contribution in [3.8, 4) is 5.75 Å². The summed E-state index contributed by atoms with van der Waals surface area (Å²) >= 11 is 0. The Morgan fingerprint density at radius 3 is 2.50 bits per heavy atom. The zero-order chi connectivity index (χ0) is 17.5. The highest BCUT2D eigenvalue weighted by molar-refractivity contribution is 5.72. The number of aliphatic hydroxyl groups excluding tert-OH is 2. The summed E-state index contributed by atoms with van der Waals surface area (Å²) in [6.07, 6.45) is 3.82. The molecule has 0 aliphatic rings. The number of rotatable bonds is 6. The van der Waals surface area contributed by atoms with Crippen molar-refractivity contribution < 1.29 is 14.9 Å². The van der Waals surface area contributed by atoms with Gasteiger partial charge in [-0.25, -0.2) is 0 Å². The number of hydrogen-bond donors (Lipinski definition) is 2. The summed E-state index contributed by atoms with van der Waals surface area (Å²) in [7, 11) is 0. The fourth-order valence-electron chi connectivity index (χ4n) is 2.61. The first-order chi connectivity index (χ1) is 11.5. The van der Waals surface area contributed by atoms with Crippen molar-refractivity contribution in [2.24, 2.45) is 0 Å². The Bertz CT molecular complexity index is 744. The zero-order valence-electron chi connectivity index (χ0n) is 14.4. The van der Waals surface area contributed by atoms with Gasteiger partial charge in [-0.3, -0.25) is 0 Å². The van der Waals surface area contributed by atoms with Crippen LogP contribution in [0.1, 0.15) is 22.3 Å². The normalized spacial score (nSPS) is 13.3. The van der Waals surface area contributed by atoms with Crippen LogP contribution >= 0.6 is 0 Å². The van der Waals surface area contributed by atoms with Gasteiger partial charge in [0.2, 0.25) is 0 Å². The highest BCUT2D eigenvalue weighted by atomic mass is 16.5. The molecule has 0 aromatic heterocycles. The fourth-order valence-corrected chi connectivity index (χ4v) is 2.61. The van der Waals surface area contributed by atoms with Crippen molar-refractivity contribution in [1.29, 1.82) is 0 Å². The van der Waals surface area contributed by atoms with Crippen molar-refractivity contribution in [3.05, 3.63) is 83.1 Å². The largest absolute Gasteiger partial charge is 0.465 e. The summed E-state index contributed by atoms with van der Waals surface area (Å²) < 4.78 is 5.54. The van der Waals surface area contributed by atoms with Crippen molar-refractivity contribution in [1.82, 2.24) is 0 Å². The molecule has 0 bridgehead atoms. The third kappa shape index (κ3) is 4.82. The van der Waals surface area contributed by atoms with Crippen LogP contribution in [-0.4, -0.2) is 22.9 Å². The predicted octanol–water partition coefficient (Wildman–Crippen LogP) is 3.94. The Morgan fingerprint density at radius 1 is 1.08 bits per heavy atom. The first-order valence-electron chi connectivity index (χ1n) is 7.98. The summed E-state index contributed by atoms with van der Waals surface area (Å²) in [6, 6.07) is 13.7. The van der Waals surface area contributed by atoms with Gasteiger partial charge >= 0.3 is 0 Å². The summed E-state index contributed by atoms with van der Waals surface area (Å²) in [5.74, 6) is 0.720. The van der Waals surface area contributed by atoms with Gasteiger partial charge in [0, 0.05) is 0 Å². The maximum atomic E-state index is 10.5. The molecule has 0 aliphatic carbocycles. The van der Waals surface area contributed by atoms with Gasteiger partial charge in [-0.2, -0.15) is 0 Å². The lowest BCUT2D eigenvalue weighted by Crippen LogP contribution is -2.08. The molecule has 3 heteroatoms. The predicted molar refractivity (Wildman–Crippen MR) is 97.9 cm³/mol. The molecule has 0 saturated heterocycles. The van der Waals surface area contributed by atoms with E-state index in [0.29, 0.717) is 5.57 Å². The second kappa shape index (κ2) is 8.48. The minimum atomic E-state index is -0.858. The second-order valence-corrected chi connectivity index (χ2v) is 5.87. The van der Waals surface area contributed by atoms with E-state index < -0.39 is 6.10 Å². The van der Waals surface area contributed by atoms with Crippen molar-refractivity contribution in [2.75, 3.05) is 6.61 Å². The van der Waals surface area contributed by atoms with Crippen LogP contribution in [0.2, 0.25) is 0 Å². The zero-order valence-corrected chi connectivity index (χ0v) is 14.4. The molecular weight excluding hydrogens is 300 g/mol. The van der Waals surface area contributed by atoms with Crippen LogP contribution in [0, 0.1) is 20.8 Å². The van der Waals surface area contributed by atoms with Crippen molar-refractivity contribution in [2.45, 2.75) is 26.9 Å². The number of benzene rings is 2. The molecule has 0 heterocycles. The van der Waals surface area contributed by atoms with Crippen LogP contribution in [0.3, 0.4) is 0 Å². The molecule has 2 aromatic rings. The van der Waals surface area contributed by atoms with E-state index in [0.717, 1.165) is 28.0 Å². The van der Waals surface area contributed by atoms with Crippen LogP contribution in [0.25, 0.3) is 5.57 Å². The molecule has 0 amide bonds. The maximum Gasteiger partial charge on any atom is 0.126 e. The van der Waals surface area contributed by atoms with Gasteiger partial charge in [0.05, 0.1) is 12.9 Å². The van der Waals surface area contributed by atoms with E-state index in [9.17, 15) is 10.2 Å². The molecule has 0 fully saturated rings. The van der Waals surface area contributed by atoms with Gasteiger partial charge in [0.1, 0.15) is 11.9 Å². The highest BCUT2D eigenvalue weighted by Crippen LogP contribution is 2.24. The molecule has 24 heavy (non-hydrogen) atoms. The number of aryl methyl sites for hydroxylation is 3. The second-order valence-electron chi connectivity index (χ2n) is 5.87. The Balaban J connectivity index is 2.16. The lowest BCUT2D eigenvalue weighted by molar-refractivity contribution is 0.274. The summed E-state index contributed by atoms with van der Waals surface area (Å²) in [5, 5.41) is 19.8. The van der Waals surface area contributed by atoms with E-state index in [2.05, 4.69) is 6.07 Å². The molecule has 1 unspecified atom stereocenters. The molecule has 0 aliphatic heterocycles. The maximum absolute atomic E-state index is 10.5. The highest BCUT2D eigenvalue weighted by Gasteiger charge is 2.12. The van der Waals surface area contributed by atoms with Crippen LogP contribution < -0.4 is 4.74 Å². The lowest BCUT2D eigenvalue weighted by atomic mass is 9.94. The van der Waals surface area contributed by atoms with Crippen LogP contribution in [0.5, 0.6) is 5.75 Å². The number of aliphatic hydroxyl groups is 2. The van der Waals surface area contributed by atoms with Gasteiger partial charge in [-0.05, 0) is 61.2 Å². The van der Waals surface area contributed by atoms with E-state index in [1.807, 2.05) is 57.2 Å². The van der Waals surface area contributed by atoms with Gasteiger partial charge in [0.25, 0.3) is 0 Å². The summed E-state index contributed by atoms with van der Waals surface area (Å²) in [4.78, 5) is 0. The fraction of sp³-hybridized carbons (Fsp3) is 0.238. The molecule has 0 spiro atoms. The molecule has 0 saturated carbocycles. The first kappa shape index (κ1) is 18.0. The lowest BCUT2D eigenvalue weighted by Gasteiger charge is -2.15. The van der Waals surface area contributed by atoms with E-state index >= 15 is 0 Å². The van der Waals surface area contributed by atoms with Crippen LogP contribution in [-0.2, 0) is 0 Å². The molecule has 3 nitrogen and oxygen atoms in total. The number of ether oxygens (including phenoxy) is 1. The van der Waals surface area contributed by atoms with E-state index in [-0.39, 0.29) is 6.61 Å². The molecule has 2 aromatic carbocycles. The van der Waals surface area contributed by atoms with Crippen molar-refractivity contribution >= 4 is 5.57 Å². The molecule has 0 radical (unpaired) electrons. The minimum absolute atomic E-state index is 0.133. The Hall–Kier alpha value is -2.36. The van der Waals surface area contributed by atoms with Crippen molar-refractivity contribution in [3.63, 3.8) is 0 Å². The average Bonchev–Trinajstić information content (AvgIpc) is 2.53. The Labute approximate surface area is 143 Å². The van der Waals surface area contributed by atoms with Gasteiger partial charge in [0.15, 0.2) is 0 Å². The summed E-state index contributed by atoms with van der Waals surface area (Å²) in [5.41, 5.74) is 4.91. The first-order valence-corrected chi connectivity index (χ1v) is 7.98. The van der Waals surface area contributed by atoms with Crippen LogP contribution in [0.4, 0.5) is 0 Å². The topological polar surface area (TPSA) is 49.7 Å². The minimum Gasteiger partial charge on any atom is -0.465 e. The SMILES string of the molecule is Cc1cccc(OC=CC(O)C(=CCO)c2ccc(C)cc2C)c1. The third-order valence-corrected chi connectivity index (χ3v) is 3.78.